The number of aromatic nitrogens is 1. The molecule has 0 radical (unpaired) electrons. The molecule has 2 aliphatic rings. The molecule has 1 aliphatic carbocycles. The average Bonchev–Trinajstić information content (AvgIpc) is 3.10. The van der Waals surface area contributed by atoms with E-state index in [9.17, 15) is 4.79 Å². The van der Waals surface area contributed by atoms with Crippen LogP contribution >= 0.6 is 0 Å². The smallest absolute Gasteiger partial charge is 0.407 e. The number of alkyl carbamates (subject to hydrolysis) is 1. The predicted octanol–water partition coefficient (Wildman–Crippen LogP) is 1.36. The molecule has 2 heterocycles. The zero-order valence-electron chi connectivity index (χ0n) is 14.4. The molecular weight excluding hydrogens is 318 g/mol. The van der Waals surface area contributed by atoms with E-state index in [0.717, 1.165) is 36.5 Å². The lowest BCUT2D eigenvalue weighted by atomic mass is 9.96. The number of hydrogen-bond acceptors (Lipinski definition) is 4. The molecule has 1 amide bonds. The van der Waals surface area contributed by atoms with E-state index in [2.05, 4.69) is 15.8 Å². The number of fused-ring (bicyclic) bond motifs is 1. The zero-order chi connectivity index (χ0) is 17.3. The van der Waals surface area contributed by atoms with Crippen LogP contribution in [0.1, 0.15) is 23.4 Å². The molecule has 1 saturated heterocycles. The molecule has 6 heteroatoms. The van der Waals surface area contributed by atoms with Crippen LogP contribution in [-0.4, -0.2) is 30.9 Å². The molecule has 2 aromatic rings. The van der Waals surface area contributed by atoms with Crippen molar-refractivity contribution in [3.8, 4) is 0 Å². The SMILES string of the molecule is Cc1cc(C2(CNC(=O)OCc3ccccc3)C3CC[NH2+]CC32)no1. The molecule has 1 aromatic heterocycles. The highest BCUT2D eigenvalue weighted by Crippen LogP contribution is 2.60. The van der Waals surface area contributed by atoms with Gasteiger partial charge in [0.05, 0.1) is 18.8 Å². The third-order valence-corrected chi connectivity index (χ3v) is 5.65. The van der Waals surface area contributed by atoms with Crippen molar-refractivity contribution in [1.29, 1.82) is 0 Å². The van der Waals surface area contributed by atoms with Gasteiger partial charge in [-0.05, 0) is 18.4 Å². The van der Waals surface area contributed by atoms with E-state index in [0.29, 0.717) is 18.4 Å². The highest BCUT2D eigenvalue weighted by atomic mass is 16.5. The summed E-state index contributed by atoms with van der Waals surface area (Å²) in [7, 11) is 0. The molecule has 3 unspecified atom stereocenters. The summed E-state index contributed by atoms with van der Waals surface area (Å²) in [5.74, 6) is 1.92. The number of nitrogens with one attached hydrogen (secondary N) is 1. The van der Waals surface area contributed by atoms with Gasteiger partial charge in [-0.1, -0.05) is 35.5 Å². The normalized spacial score (nSPS) is 27.4. The summed E-state index contributed by atoms with van der Waals surface area (Å²) in [4.78, 5) is 12.1. The van der Waals surface area contributed by atoms with Gasteiger partial charge in [-0.15, -0.1) is 0 Å². The number of carbonyl (C=O) groups is 1. The standard InChI is InChI=1S/C19H23N3O3/c1-13-9-17(22-25-13)19(15-7-8-20-10-16(15)19)12-21-18(23)24-11-14-5-3-2-4-6-14/h2-6,9,15-16,20H,7-8,10-12H2,1H3,(H,21,23)/p+1. The fourth-order valence-electron chi connectivity index (χ4n) is 4.34. The molecule has 2 fully saturated rings. The molecule has 1 saturated carbocycles. The maximum absolute atomic E-state index is 12.1. The molecule has 0 bridgehead atoms. The highest BCUT2D eigenvalue weighted by Gasteiger charge is 2.68. The van der Waals surface area contributed by atoms with Crippen molar-refractivity contribution >= 4 is 6.09 Å². The number of rotatable bonds is 5. The first kappa shape index (κ1) is 16.1. The van der Waals surface area contributed by atoms with Gasteiger partial charge in [0.15, 0.2) is 0 Å². The number of nitrogens with zero attached hydrogens (tertiary/aromatic N) is 1. The molecule has 25 heavy (non-hydrogen) atoms. The quantitative estimate of drug-likeness (QED) is 0.860. The minimum Gasteiger partial charge on any atom is -0.445 e. The van der Waals surface area contributed by atoms with Crippen molar-refractivity contribution < 1.29 is 19.4 Å². The first-order chi connectivity index (χ1) is 12.2. The lowest BCUT2D eigenvalue weighted by molar-refractivity contribution is -0.664. The van der Waals surface area contributed by atoms with Crippen LogP contribution in [0.15, 0.2) is 40.9 Å². The zero-order valence-corrected chi connectivity index (χ0v) is 14.4. The lowest BCUT2D eigenvalue weighted by Gasteiger charge is -2.15. The summed E-state index contributed by atoms with van der Waals surface area (Å²) < 4.78 is 10.6. The fraction of sp³-hybridized carbons (Fsp3) is 0.474. The maximum Gasteiger partial charge on any atom is 0.407 e. The molecule has 3 N–H and O–H groups in total. The van der Waals surface area contributed by atoms with E-state index in [-0.39, 0.29) is 18.1 Å². The summed E-state index contributed by atoms with van der Waals surface area (Å²) in [6.07, 6.45) is 0.771. The Morgan fingerprint density at radius 2 is 2.24 bits per heavy atom. The number of nitrogens with two attached hydrogens (primary N) is 1. The number of benzene rings is 1. The van der Waals surface area contributed by atoms with E-state index in [4.69, 9.17) is 9.26 Å². The Hall–Kier alpha value is -2.34. The number of carbonyl (C=O) groups excluding carboxylic acids is 1. The van der Waals surface area contributed by atoms with Gasteiger partial charge in [0, 0.05) is 30.4 Å². The second-order valence-corrected chi connectivity index (χ2v) is 7.09. The largest absolute Gasteiger partial charge is 0.445 e. The summed E-state index contributed by atoms with van der Waals surface area (Å²) in [5.41, 5.74) is 1.85. The number of hydrogen-bond donors (Lipinski definition) is 2. The Morgan fingerprint density at radius 1 is 1.40 bits per heavy atom. The van der Waals surface area contributed by atoms with E-state index in [1.807, 2.05) is 43.3 Å². The first-order valence-corrected chi connectivity index (χ1v) is 8.90. The molecule has 6 nitrogen and oxygen atoms in total. The van der Waals surface area contributed by atoms with Gasteiger partial charge >= 0.3 is 6.09 Å². The van der Waals surface area contributed by atoms with Crippen molar-refractivity contribution in [1.82, 2.24) is 10.5 Å². The molecule has 1 aliphatic heterocycles. The summed E-state index contributed by atoms with van der Waals surface area (Å²) >= 11 is 0. The molecule has 132 valence electrons. The van der Waals surface area contributed by atoms with E-state index in [1.165, 1.54) is 0 Å². The molecule has 3 atom stereocenters. The highest BCUT2D eigenvalue weighted by molar-refractivity contribution is 5.67. The van der Waals surface area contributed by atoms with Crippen LogP contribution in [-0.2, 0) is 16.8 Å². The van der Waals surface area contributed by atoms with Gasteiger partial charge in [-0.25, -0.2) is 4.79 Å². The number of ether oxygens (including phenoxy) is 1. The minimum absolute atomic E-state index is 0.101. The van der Waals surface area contributed by atoms with Crippen molar-refractivity contribution in [2.45, 2.75) is 25.4 Å². The molecule has 1 aromatic carbocycles. The van der Waals surface area contributed by atoms with Crippen LogP contribution in [0.25, 0.3) is 0 Å². The predicted molar refractivity (Wildman–Crippen MR) is 90.8 cm³/mol. The number of piperidine rings is 1. The topological polar surface area (TPSA) is 81.0 Å². The Bertz CT molecular complexity index is 731. The van der Waals surface area contributed by atoms with Crippen molar-refractivity contribution in [2.75, 3.05) is 19.6 Å². The Balaban J connectivity index is 1.39. The van der Waals surface area contributed by atoms with E-state index >= 15 is 0 Å². The number of amides is 1. The molecule has 0 spiro atoms. The van der Waals surface area contributed by atoms with Crippen molar-refractivity contribution in [2.24, 2.45) is 11.8 Å². The third-order valence-electron chi connectivity index (χ3n) is 5.65. The Morgan fingerprint density at radius 3 is 2.92 bits per heavy atom. The maximum atomic E-state index is 12.1. The van der Waals surface area contributed by atoms with Crippen LogP contribution in [0.4, 0.5) is 4.79 Å². The van der Waals surface area contributed by atoms with Crippen LogP contribution in [0.2, 0.25) is 0 Å². The fourth-order valence-corrected chi connectivity index (χ4v) is 4.34. The van der Waals surface area contributed by atoms with Gasteiger partial charge in [0.25, 0.3) is 0 Å². The summed E-state index contributed by atoms with van der Waals surface area (Å²) in [6.45, 7) is 4.96. The lowest BCUT2D eigenvalue weighted by Crippen LogP contribution is -2.86. The van der Waals surface area contributed by atoms with Crippen LogP contribution in [0, 0.1) is 18.8 Å². The van der Waals surface area contributed by atoms with Gasteiger partial charge in [0.1, 0.15) is 12.4 Å². The Kier molecular flexibility index (Phi) is 4.21. The minimum atomic E-state index is -0.379. The summed E-state index contributed by atoms with van der Waals surface area (Å²) in [5, 5.41) is 9.58. The average molecular weight is 342 g/mol. The van der Waals surface area contributed by atoms with Gasteiger partial charge < -0.3 is 19.9 Å². The van der Waals surface area contributed by atoms with E-state index in [1.54, 1.807) is 0 Å². The van der Waals surface area contributed by atoms with E-state index < -0.39 is 0 Å². The van der Waals surface area contributed by atoms with Gasteiger partial charge in [-0.2, -0.15) is 0 Å². The second kappa shape index (κ2) is 6.52. The third kappa shape index (κ3) is 3.02. The number of aryl methyl sites for hydroxylation is 1. The van der Waals surface area contributed by atoms with Crippen LogP contribution in [0.3, 0.4) is 0 Å². The van der Waals surface area contributed by atoms with Crippen LogP contribution < -0.4 is 10.6 Å². The van der Waals surface area contributed by atoms with Gasteiger partial charge in [0.2, 0.25) is 0 Å². The first-order valence-electron chi connectivity index (χ1n) is 8.90. The Labute approximate surface area is 146 Å². The van der Waals surface area contributed by atoms with Crippen molar-refractivity contribution in [3.63, 3.8) is 0 Å². The van der Waals surface area contributed by atoms with Crippen LogP contribution in [0.5, 0.6) is 0 Å². The van der Waals surface area contributed by atoms with Gasteiger partial charge in [-0.3, -0.25) is 0 Å². The second-order valence-electron chi connectivity index (χ2n) is 7.09. The number of quaternary nitrogens is 1. The molecular formula is C19H24N3O3+. The summed E-state index contributed by atoms with van der Waals surface area (Å²) in [6, 6.07) is 11.7. The van der Waals surface area contributed by atoms with Crippen molar-refractivity contribution in [3.05, 3.63) is 53.4 Å². The molecule has 4 rings (SSSR count). The monoisotopic (exact) mass is 342 g/mol.